The van der Waals surface area contributed by atoms with Crippen molar-refractivity contribution in [2.24, 2.45) is 0 Å². The molecular formula is C30H42O15. The van der Waals surface area contributed by atoms with E-state index in [2.05, 4.69) is 0 Å². The average molecular weight is 643 g/mol. The fraction of sp³-hybridized carbons (Fsp3) is 0.667. The Bertz CT molecular complexity index is 1190. The van der Waals surface area contributed by atoms with E-state index in [1.54, 1.807) is 19.1 Å². The molecule has 8 N–H and O–H groups in total. The van der Waals surface area contributed by atoms with Crippen molar-refractivity contribution in [2.75, 3.05) is 13.2 Å². The van der Waals surface area contributed by atoms with Gasteiger partial charge in [-0.15, -0.1) is 0 Å². The van der Waals surface area contributed by atoms with Gasteiger partial charge in [-0.25, -0.2) is 4.79 Å². The first-order valence-corrected chi connectivity index (χ1v) is 15.0. The number of hydrogen-bond donors (Lipinski definition) is 8. The molecule has 0 radical (unpaired) electrons. The van der Waals surface area contributed by atoms with Gasteiger partial charge in [0.25, 0.3) is 0 Å². The molecule has 0 aliphatic carbocycles. The molecule has 2 fully saturated rings. The number of carbonyl (C=O) groups excluding carboxylic acids is 2. The van der Waals surface area contributed by atoms with Gasteiger partial charge in [0.05, 0.1) is 19.3 Å². The fourth-order valence-corrected chi connectivity index (χ4v) is 5.35. The molecule has 45 heavy (non-hydrogen) atoms. The molecule has 0 saturated carbocycles. The van der Waals surface area contributed by atoms with Crippen LogP contribution in [0.15, 0.2) is 18.2 Å². The van der Waals surface area contributed by atoms with E-state index in [9.17, 15) is 50.4 Å². The third-order valence-electron chi connectivity index (χ3n) is 8.00. The number of rotatable bonds is 6. The minimum Gasteiger partial charge on any atom is -0.462 e. The molecule has 3 aliphatic heterocycles. The maximum absolute atomic E-state index is 13.6. The number of esters is 1. The van der Waals surface area contributed by atoms with E-state index in [4.69, 9.17) is 23.7 Å². The Morgan fingerprint density at radius 2 is 1.36 bits per heavy atom. The van der Waals surface area contributed by atoms with E-state index in [0.29, 0.717) is 38.5 Å². The first-order chi connectivity index (χ1) is 21.4. The van der Waals surface area contributed by atoms with Crippen LogP contribution >= 0.6 is 0 Å². The Labute approximate surface area is 259 Å². The van der Waals surface area contributed by atoms with Crippen LogP contribution in [-0.2, 0) is 19.0 Å². The third-order valence-corrected chi connectivity index (χ3v) is 8.00. The summed E-state index contributed by atoms with van der Waals surface area (Å²) in [4.78, 5) is 25.8. The summed E-state index contributed by atoms with van der Waals surface area (Å²) in [5.74, 6) is -1.12. The predicted octanol–water partition coefficient (Wildman–Crippen LogP) is -1.47. The predicted molar refractivity (Wildman–Crippen MR) is 152 cm³/mol. The molecule has 15 heteroatoms. The minimum absolute atomic E-state index is 0.0977. The molecule has 4 rings (SSSR count). The molecule has 0 amide bonds. The summed E-state index contributed by atoms with van der Waals surface area (Å²) in [7, 11) is 0. The summed E-state index contributed by atoms with van der Waals surface area (Å²) in [5.41, 5.74) is 0.0432. The summed E-state index contributed by atoms with van der Waals surface area (Å²) in [6.45, 7) is 0.238. The minimum atomic E-state index is -1.82. The molecule has 1 aromatic carbocycles. The number of cyclic esters (lactones) is 1. The van der Waals surface area contributed by atoms with Crippen molar-refractivity contribution in [1.29, 1.82) is 0 Å². The molecule has 15 nitrogen and oxygen atoms in total. The van der Waals surface area contributed by atoms with Crippen molar-refractivity contribution in [3.63, 3.8) is 0 Å². The van der Waals surface area contributed by atoms with E-state index in [1.165, 1.54) is 12.1 Å². The van der Waals surface area contributed by atoms with Gasteiger partial charge < -0.3 is 64.5 Å². The first-order valence-electron chi connectivity index (χ1n) is 15.0. The molecule has 1 aromatic rings. The van der Waals surface area contributed by atoms with Gasteiger partial charge in [0.15, 0.2) is 0 Å². The van der Waals surface area contributed by atoms with Gasteiger partial charge in [-0.3, -0.25) is 4.79 Å². The Kier molecular flexibility index (Phi) is 12.3. The molecular weight excluding hydrogens is 600 g/mol. The molecule has 2 saturated heterocycles. The van der Waals surface area contributed by atoms with Gasteiger partial charge in [-0.05, 0) is 44.2 Å². The second-order valence-corrected chi connectivity index (χ2v) is 11.5. The SMILES string of the molecule is CC1CCCC(=O)CCCC=Cc2cc(OC3OC(CO)C(O)C(O)C3O)cc(OC3OC(CO)C(O)C(O)C3O)c2C(=O)O1. The lowest BCUT2D eigenvalue weighted by Gasteiger charge is -2.40. The summed E-state index contributed by atoms with van der Waals surface area (Å²) in [5, 5.41) is 81.3. The number of hydrogen-bond acceptors (Lipinski definition) is 15. The van der Waals surface area contributed by atoms with Crippen molar-refractivity contribution in [3.8, 4) is 11.5 Å². The Morgan fingerprint density at radius 1 is 0.778 bits per heavy atom. The molecule has 11 atom stereocenters. The average Bonchev–Trinajstić information content (AvgIpc) is 3.00. The number of aliphatic hydroxyl groups is 8. The Hall–Kier alpha value is -2.70. The summed E-state index contributed by atoms with van der Waals surface area (Å²) < 4.78 is 28.3. The number of ether oxygens (including phenoxy) is 5. The number of ketones is 1. The third kappa shape index (κ3) is 8.37. The zero-order chi connectivity index (χ0) is 32.8. The van der Waals surface area contributed by atoms with Crippen LogP contribution in [0.3, 0.4) is 0 Å². The molecule has 3 heterocycles. The van der Waals surface area contributed by atoms with Gasteiger partial charge in [0, 0.05) is 18.9 Å². The number of Topliss-reactive ketones (excluding diaryl/α,β-unsaturated/α-hetero) is 1. The number of fused-ring (bicyclic) bond motifs is 1. The van der Waals surface area contributed by atoms with E-state index in [-0.39, 0.29) is 28.4 Å². The first kappa shape index (κ1) is 35.2. The summed E-state index contributed by atoms with van der Waals surface area (Å²) in [6, 6.07) is 2.57. The Balaban J connectivity index is 1.76. The van der Waals surface area contributed by atoms with Crippen LogP contribution in [0.2, 0.25) is 0 Å². The lowest BCUT2D eigenvalue weighted by Crippen LogP contribution is -2.60. The van der Waals surface area contributed by atoms with E-state index in [1.807, 2.05) is 0 Å². The van der Waals surface area contributed by atoms with E-state index in [0.717, 1.165) is 0 Å². The fourth-order valence-electron chi connectivity index (χ4n) is 5.35. The molecule has 3 aliphatic rings. The van der Waals surface area contributed by atoms with Gasteiger partial charge in [0.1, 0.15) is 71.7 Å². The highest BCUT2D eigenvalue weighted by Crippen LogP contribution is 2.36. The number of aliphatic hydroxyl groups excluding tert-OH is 8. The van der Waals surface area contributed by atoms with Crippen LogP contribution in [0.25, 0.3) is 6.08 Å². The van der Waals surface area contributed by atoms with Crippen LogP contribution in [-0.4, -0.2) is 133 Å². The number of benzene rings is 1. The molecule has 0 aromatic heterocycles. The molecule has 11 unspecified atom stereocenters. The van der Waals surface area contributed by atoms with Crippen LogP contribution in [0.5, 0.6) is 11.5 Å². The van der Waals surface area contributed by atoms with Crippen LogP contribution in [0, 0.1) is 0 Å². The number of carbonyl (C=O) groups is 2. The van der Waals surface area contributed by atoms with Crippen LogP contribution in [0.4, 0.5) is 0 Å². The smallest absolute Gasteiger partial charge is 0.342 e. The van der Waals surface area contributed by atoms with Crippen molar-refractivity contribution in [3.05, 3.63) is 29.3 Å². The maximum atomic E-state index is 13.6. The largest absolute Gasteiger partial charge is 0.462 e. The lowest BCUT2D eigenvalue weighted by molar-refractivity contribution is -0.278. The van der Waals surface area contributed by atoms with Gasteiger partial charge in [0.2, 0.25) is 12.6 Å². The maximum Gasteiger partial charge on any atom is 0.342 e. The monoisotopic (exact) mass is 642 g/mol. The standard InChI is InChI=1S/C30H42O15/c1-14-6-5-9-16(33)8-4-2-3-7-15-10-17(42-29-26(38)24(36)22(34)19(12-31)44-29)11-18(21(15)28(40)41-14)43-30-27(39)25(37)23(35)20(13-32)45-30/h3,7,10-11,14,19-20,22-27,29-32,34-39H,2,4-6,8-9,12-13H2,1H3. The highest BCUT2D eigenvalue weighted by atomic mass is 16.7. The lowest BCUT2D eigenvalue weighted by atomic mass is 9.99. The highest BCUT2D eigenvalue weighted by molar-refractivity contribution is 5.97. The van der Waals surface area contributed by atoms with Gasteiger partial charge in [-0.2, -0.15) is 0 Å². The Morgan fingerprint density at radius 3 is 1.96 bits per heavy atom. The molecule has 0 bridgehead atoms. The second-order valence-electron chi connectivity index (χ2n) is 11.5. The quantitative estimate of drug-likeness (QED) is 0.165. The van der Waals surface area contributed by atoms with Crippen LogP contribution < -0.4 is 9.47 Å². The summed E-state index contributed by atoms with van der Waals surface area (Å²) in [6.07, 6.45) is -10.9. The molecule has 252 valence electrons. The van der Waals surface area contributed by atoms with Gasteiger partial charge in [-0.1, -0.05) is 12.2 Å². The van der Waals surface area contributed by atoms with Crippen molar-refractivity contribution < 1.29 is 74.1 Å². The zero-order valence-corrected chi connectivity index (χ0v) is 24.8. The van der Waals surface area contributed by atoms with Gasteiger partial charge >= 0.3 is 5.97 Å². The molecule has 0 spiro atoms. The summed E-state index contributed by atoms with van der Waals surface area (Å²) >= 11 is 0. The highest BCUT2D eigenvalue weighted by Gasteiger charge is 2.46. The van der Waals surface area contributed by atoms with Crippen molar-refractivity contribution >= 4 is 17.8 Å². The normalized spacial score (nSPS) is 36.9. The zero-order valence-electron chi connectivity index (χ0n) is 24.8. The van der Waals surface area contributed by atoms with E-state index < -0.39 is 86.7 Å². The number of allylic oxidation sites excluding steroid dienone is 1. The second kappa shape index (κ2) is 15.7. The topological polar surface area (TPSA) is 242 Å². The van der Waals surface area contributed by atoms with Crippen molar-refractivity contribution in [1.82, 2.24) is 0 Å². The van der Waals surface area contributed by atoms with E-state index >= 15 is 0 Å². The van der Waals surface area contributed by atoms with Crippen molar-refractivity contribution in [2.45, 2.75) is 113 Å². The van der Waals surface area contributed by atoms with Crippen LogP contribution in [0.1, 0.15) is 61.4 Å².